The second-order valence-corrected chi connectivity index (χ2v) is 6.67. The van der Waals surface area contributed by atoms with Crippen molar-refractivity contribution in [3.05, 3.63) is 66.0 Å². The maximum Gasteiger partial charge on any atom is 0.223 e. The quantitative estimate of drug-likeness (QED) is 0.712. The number of imidazole rings is 1. The van der Waals surface area contributed by atoms with Crippen molar-refractivity contribution in [1.29, 1.82) is 0 Å². The first-order valence-electron chi connectivity index (χ1n) is 9.05. The van der Waals surface area contributed by atoms with Crippen molar-refractivity contribution >= 4 is 22.7 Å². The molecule has 0 aliphatic carbocycles. The first-order chi connectivity index (χ1) is 12.7. The van der Waals surface area contributed by atoms with Crippen LogP contribution >= 0.6 is 0 Å². The van der Waals surface area contributed by atoms with Gasteiger partial charge in [-0.25, -0.2) is 4.98 Å². The van der Waals surface area contributed by atoms with Crippen LogP contribution in [-0.4, -0.2) is 33.1 Å². The lowest BCUT2D eigenvalue weighted by Gasteiger charge is -2.23. The van der Waals surface area contributed by atoms with Gasteiger partial charge in [-0.1, -0.05) is 42.5 Å². The fourth-order valence-corrected chi connectivity index (χ4v) is 3.61. The van der Waals surface area contributed by atoms with E-state index in [1.165, 1.54) is 0 Å². The van der Waals surface area contributed by atoms with Gasteiger partial charge in [0.05, 0.1) is 17.1 Å². The summed E-state index contributed by atoms with van der Waals surface area (Å²) >= 11 is 0. The molecule has 1 amide bonds. The SMILES string of the molecule is O=C(CCC(=O)N1CCCC1c1nc2ccccc2[nH]1)c1ccccc1. The highest BCUT2D eigenvalue weighted by atomic mass is 16.2. The fraction of sp³-hybridized carbons (Fsp3) is 0.286. The number of carbonyl (C=O) groups excluding carboxylic acids is 2. The minimum absolute atomic E-state index is 0.0124. The molecule has 132 valence electrons. The predicted molar refractivity (Wildman–Crippen MR) is 99.8 cm³/mol. The van der Waals surface area contributed by atoms with Crippen LogP contribution < -0.4 is 0 Å². The third-order valence-corrected chi connectivity index (χ3v) is 4.96. The molecule has 1 atom stereocenters. The van der Waals surface area contributed by atoms with Gasteiger partial charge in [-0.3, -0.25) is 9.59 Å². The van der Waals surface area contributed by atoms with Gasteiger partial charge in [-0.15, -0.1) is 0 Å². The van der Waals surface area contributed by atoms with E-state index < -0.39 is 0 Å². The Balaban J connectivity index is 1.44. The number of aromatic amines is 1. The topological polar surface area (TPSA) is 66.1 Å². The number of hydrogen-bond acceptors (Lipinski definition) is 3. The first-order valence-corrected chi connectivity index (χ1v) is 9.05. The Kier molecular flexibility index (Phi) is 4.52. The summed E-state index contributed by atoms with van der Waals surface area (Å²) in [5.74, 6) is 0.877. The molecule has 26 heavy (non-hydrogen) atoms. The van der Waals surface area contributed by atoms with E-state index in [9.17, 15) is 9.59 Å². The highest BCUT2D eigenvalue weighted by molar-refractivity contribution is 5.97. The second kappa shape index (κ2) is 7.12. The van der Waals surface area contributed by atoms with Crippen molar-refractivity contribution in [3.63, 3.8) is 0 Å². The predicted octanol–water partition coefficient (Wildman–Crippen LogP) is 3.89. The number of amides is 1. The van der Waals surface area contributed by atoms with E-state index in [2.05, 4.69) is 9.97 Å². The molecule has 1 fully saturated rings. The number of nitrogens with one attached hydrogen (secondary N) is 1. The van der Waals surface area contributed by atoms with Crippen LogP contribution in [0.25, 0.3) is 11.0 Å². The lowest BCUT2D eigenvalue weighted by molar-refractivity contribution is -0.132. The number of nitrogens with zero attached hydrogens (tertiary/aromatic N) is 2. The Labute approximate surface area is 152 Å². The van der Waals surface area contributed by atoms with Crippen LogP contribution in [0.3, 0.4) is 0 Å². The van der Waals surface area contributed by atoms with E-state index in [-0.39, 0.29) is 30.6 Å². The van der Waals surface area contributed by atoms with Crippen LogP contribution in [0.1, 0.15) is 47.9 Å². The molecule has 0 radical (unpaired) electrons. The zero-order chi connectivity index (χ0) is 17.9. The maximum absolute atomic E-state index is 12.7. The average molecular weight is 347 g/mol. The average Bonchev–Trinajstić information content (AvgIpc) is 3.32. The number of para-hydroxylation sites is 2. The van der Waals surface area contributed by atoms with Crippen molar-refractivity contribution in [1.82, 2.24) is 14.9 Å². The number of benzene rings is 2. The number of carbonyl (C=O) groups is 2. The Bertz CT molecular complexity index is 900. The van der Waals surface area contributed by atoms with Gasteiger partial charge >= 0.3 is 0 Å². The van der Waals surface area contributed by atoms with Gasteiger partial charge in [0.2, 0.25) is 5.91 Å². The van der Waals surface area contributed by atoms with Gasteiger partial charge < -0.3 is 9.88 Å². The Morgan fingerprint density at radius 3 is 2.62 bits per heavy atom. The Hall–Kier alpha value is -2.95. The van der Waals surface area contributed by atoms with E-state index in [4.69, 9.17) is 0 Å². The normalized spacial score (nSPS) is 16.9. The number of aromatic nitrogens is 2. The molecule has 1 aliphatic heterocycles. The molecule has 1 aromatic heterocycles. The molecular weight excluding hydrogens is 326 g/mol. The number of rotatable bonds is 5. The molecule has 0 saturated carbocycles. The summed E-state index contributed by atoms with van der Waals surface area (Å²) in [5, 5.41) is 0. The van der Waals surface area contributed by atoms with Crippen molar-refractivity contribution < 1.29 is 9.59 Å². The summed E-state index contributed by atoms with van der Waals surface area (Å²) in [5.41, 5.74) is 2.57. The summed E-state index contributed by atoms with van der Waals surface area (Å²) in [6.45, 7) is 0.722. The van der Waals surface area contributed by atoms with E-state index in [1.54, 1.807) is 12.1 Å². The van der Waals surface area contributed by atoms with Gasteiger partial charge in [-0.2, -0.15) is 0 Å². The van der Waals surface area contributed by atoms with Crippen LogP contribution in [0, 0.1) is 0 Å². The fourth-order valence-electron chi connectivity index (χ4n) is 3.61. The second-order valence-electron chi connectivity index (χ2n) is 6.67. The lowest BCUT2D eigenvalue weighted by Crippen LogP contribution is -2.31. The minimum atomic E-state index is -0.0262. The molecule has 4 rings (SSSR count). The first kappa shape index (κ1) is 16.5. The molecule has 3 aromatic rings. The van der Waals surface area contributed by atoms with Crippen molar-refractivity contribution in [3.8, 4) is 0 Å². The molecule has 5 heteroatoms. The summed E-state index contributed by atoms with van der Waals surface area (Å²) in [4.78, 5) is 34.8. The standard InChI is InChI=1S/C21H21N3O2/c25-19(15-7-2-1-3-8-15)12-13-20(26)24-14-6-11-18(24)21-22-16-9-4-5-10-17(16)23-21/h1-5,7-10,18H,6,11-14H2,(H,22,23). The van der Waals surface area contributed by atoms with Crippen LogP contribution in [0.2, 0.25) is 0 Å². The summed E-state index contributed by atoms with van der Waals surface area (Å²) in [6.07, 6.45) is 2.34. The molecule has 1 unspecified atom stereocenters. The molecule has 0 bridgehead atoms. The Morgan fingerprint density at radius 1 is 1.04 bits per heavy atom. The monoisotopic (exact) mass is 347 g/mol. The van der Waals surface area contributed by atoms with Gasteiger partial charge in [0.25, 0.3) is 0 Å². The summed E-state index contributed by atoms with van der Waals surface area (Å²) in [7, 11) is 0. The van der Waals surface area contributed by atoms with Crippen LogP contribution in [0.5, 0.6) is 0 Å². The van der Waals surface area contributed by atoms with Crippen molar-refractivity contribution in [2.24, 2.45) is 0 Å². The highest BCUT2D eigenvalue weighted by Gasteiger charge is 2.32. The maximum atomic E-state index is 12.7. The Morgan fingerprint density at radius 2 is 1.81 bits per heavy atom. The van der Waals surface area contributed by atoms with E-state index >= 15 is 0 Å². The minimum Gasteiger partial charge on any atom is -0.340 e. The molecule has 2 aromatic carbocycles. The molecular formula is C21H21N3O2. The third-order valence-electron chi connectivity index (χ3n) is 4.96. The zero-order valence-corrected chi connectivity index (χ0v) is 14.5. The van der Waals surface area contributed by atoms with Crippen LogP contribution in [-0.2, 0) is 4.79 Å². The van der Waals surface area contributed by atoms with Crippen LogP contribution in [0.15, 0.2) is 54.6 Å². The third kappa shape index (κ3) is 3.25. The van der Waals surface area contributed by atoms with E-state index in [0.717, 1.165) is 36.2 Å². The molecule has 2 heterocycles. The number of H-pyrrole nitrogens is 1. The van der Waals surface area contributed by atoms with Gasteiger partial charge in [0, 0.05) is 24.9 Å². The summed E-state index contributed by atoms with van der Waals surface area (Å²) < 4.78 is 0. The van der Waals surface area contributed by atoms with Gasteiger partial charge in [-0.05, 0) is 25.0 Å². The zero-order valence-electron chi connectivity index (χ0n) is 14.5. The lowest BCUT2D eigenvalue weighted by atomic mass is 10.1. The number of likely N-dealkylation sites (tertiary alicyclic amines) is 1. The van der Waals surface area contributed by atoms with Gasteiger partial charge in [0.15, 0.2) is 5.78 Å². The smallest absolute Gasteiger partial charge is 0.223 e. The number of ketones is 1. The van der Waals surface area contributed by atoms with Crippen molar-refractivity contribution in [2.75, 3.05) is 6.54 Å². The molecule has 1 aliphatic rings. The largest absolute Gasteiger partial charge is 0.340 e. The molecule has 5 nitrogen and oxygen atoms in total. The van der Waals surface area contributed by atoms with E-state index in [1.807, 2.05) is 47.4 Å². The molecule has 1 saturated heterocycles. The summed E-state index contributed by atoms with van der Waals surface area (Å²) in [6, 6.07) is 17.0. The van der Waals surface area contributed by atoms with E-state index in [0.29, 0.717) is 5.56 Å². The number of Topliss-reactive ketones (excluding diaryl/α,β-unsaturated/α-hetero) is 1. The molecule has 0 spiro atoms. The highest BCUT2D eigenvalue weighted by Crippen LogP contribution is 2.32. The molecule has 1 N–H and O–H groups in total. The van der Waals surface area contributed by atoms with Gasteiger partial charge in [0.1, 0.15) is 5.82 Å². The van der Waals surface area contributed by atoms with Crippen LogP contribution in [0.4, 0.5) is 0 Å². The van der Waals surface area contributed by atoms with Crippen molar-refractivity contribution in [2.45, 2.75) is 31.7 Å². The number of hydrogen-bond donors (Lipinski definition) is 1. The number of fused-ring (bicyclic) bond motifs is 1.